The third-order valence-electron chi connectivity index (χ3n) is 3.92. The topological polar surface area (TPSA) is 59.4 Å². The lowest BCUT2D eigenvalue weighted by Crippen LogP contribution is -2.39. The third kappa shape index (κ3) is 2.03. The van der Waals surface area contributed by atoms with Gasteiger partial charge in [-0.1, -0.05) is 12.1 Å². The molecule has 1 aromatic carbocycles. The molecular formula is C14H15NO3S. The van der Waals surface area contributed by atoms with Gasteiger partial charge >= 0.3 is 5.97 Å². The van der Waals surface area contributed by atoms with Crippen LogP contribution in [0.4, 0.5) is 0 Å². The molecule has 2 atom stereocenters. The molecule has 0 aliphatic carbocycles. The van der Waals surface area contributed by atoms with Crippen molar-refractivity contribution in [3.05, 3.63) is 29.3 Å². The summed E-state index contributed by atoms with van der Waals surface area (Å²) in [6, 6.07) is 7.88. The summed E-state index contributed by atoms with van der Waals surface area (Å²) in [7, 11) is 0. The maximum atomic E-state index is 11.7. The molecule has 0 saturated carbocycles. The minimum absolute atomic E-state index is 0.267. The number of aromatic nitrogens is 1. The molecule has 1 aliphatic rings. The normalized spacial score (nSPS) is 26.9. The lowest BCUT2D eigenvalue weighted by atomic mass is 9.79. The second-order valence-corrected chi connectivity index (χ2v) is 6.09. The average Bonchev–Trinajstić information content (AvgIpc) is 2.94. The second-order valence-electron chi connectivity index (χ2n) is 4.98. The second kappa shape index (κ2) is 4.58. The monoisotopic (exact) mass is 277 g/mol. The van der Waals surface area contributed by atoms with Gasteiger partial charge in [-0.25, -0.2) is 4.98 Å². The van der Waals surface area contributed by atoms with Crippen molar-refractivity contribution in [1.29, 1.82) is 0 Å². The highest BCUT2D eigenvalue weighted by Gasteiger charge is 2.48. The molecule has 1 saturated heterocycles. The summed E-state index contributed by atoms with van der Waals surface area (Å²) >= 11 is 1.57. The molecule has 3 rings (SSSR count). The fourth-order valence-electron chi connectivity index (χ4n) is 2.63. The van der Waals surface area contributed by atoms with Crippen LogP contribution in [0, 0.1) is 5.41 Å². The van der Waals surface area contributed by atoms with Gasteiger partial charge in [-0.3, -0.25) is 4.79 Å². The Hall–Kier alpha value is -1.46. The molecule has 2 aromatic rings. The van der Waals surface area contributed by atoms with Crippen LogP contribution >= 0.6 is 11.3 Å². The number of rotatable bonds is 3. The molecule has 2 heterocycles. The van der Waals surface area contributed by atoms with Gasteiger partial charge in [0.2, 0.25) is 0 Å². The first-order chi connectivity index (χ1) is 9.12. The highest BCUT2D eigenvalue weighted by molar-refractivity contribution is 7.18. The zero-order chi connectivity index (χ0) is 13.5. The molecule has 5 heteroatoms. The summed E-state index contributed by atoms with van der Waals surface area (Å²) < 4.78 is 6.57. The van der Waals surface area contributed by atoms with Crippen LogP contribution in [0.1, 0.15) is 18.4 Å². The zero-order valence-corrected chi connectivity index (χ0v) is 11.4. The largest absolute Gasteiger partial charge is 0.481 e. The van der Waals surface area contributed by atoms with E-state index in [0.717, 1.165) is 15.2 Å². The Kier molecular flexibility index (Phi) is 3.03. The Morgan fingerprint density at radius 1 is 1.58 bits per heavy atom. The molecule has 1 aliphatic heterocycles. The Balaban J connectivity index is 1.96. The van der Waals surface area contributed by atoms with Crippen molar-refractivity contribution in [2.75, 3.05) is 6.61 Å². The molecule has 19 heavy (non-hydrogen) atoms. The number of thiazole rings is 1. The maximum Gasteiger partial charge on any atom is 0.312 e. The highest BCUT2D eigenvalue weighted by atomic mass is 32.1. The summed E-state index contributed by atoms with van der Waals surface area (Å²) in [5, 5.41) is 10.4. The van der Waals surface area contributed by atoms with E-state index in [1.54, 1.807) is 11.3 Å². The molecule has 0 amide bonds. The smallest absolute Gasteiger partial charge is 0.312 e. The molecule has 1 aromatic heterocycles. The van der Waals surface area contributed by atoms with E-state index in [-0.39, 0.29) is 6.10 Å². The van der Waals surface area contributed by atoms with Crippen LogP contribution in [0.25, 0.3) is 10.2 Å². The zero-order valence-electron chi connectivity index (χ0n) is 10.6. The van der Waals surface area contributed by atoms with Gasteiger partial charge in [-0.2, -0.15) is 0 Å². The van der Waals surface area contributed by atoms with Gasteiger partial charge < -0.3 is 9.84 Å². The van der Waals surface area contributed by atoms with Gasteiger partial charge in [0.15, 0.2) is 0 Å². The van der Waals surface area contributed by atoms with Crippen LogP contribution in [0.15, 0.2) is 24.3 Å². The van der Waals surface area contributed by atoms with E-state index in [1.165, 1.54) is 0 Å². The van der Waals surface area contributed by atoms with Gasteiger partial charge in [-0.05, 0) is 25.5 Å². The summed E-state index contributed by atoms with van der Waals surface area (Å²) in [6.07, 6.45) is 0.736. The van der Waals surface area contributed by atoms with E-state index in [1.807, 2.05) is 31.2 Å². The van der Waals surface area contributed by atoms with Crippen LogP contribution in [0.5, 0.6) is 0 Å². The molecule has 2 unspecified atom stereocenters. The number of aliphatic carboxylic acids is 1. The first-order valence-electron chi connectivity index (χ1n) is 6.31. The van der Waals surface area contributed by atoms with Crippen molar-refractivity contribution < 1.29 is 14.6 Å². The van der Waals surface area contributed by atoms with Gasteiger partial charge in [-0.15, -0.1) is 11.3 Å². The molecule has 0 bridgehead atoms. The quantitative estimate of drug-likeness (QED) is 0.937. The molecule has 1 N–H and O–H groups in total. The number of carbonyl (C=O) groups is 1. The predicted octanol–water partition coefficient (Wildman–Crippen LogP) is 2.72. The summed E-state index contributed by atoms with van der Waals surface area (Å²) in [5.74, 6) is -0.781. The Bertz CT molecular complexity index is 591. The SMILES string of the molecule is CC1OCCC1(Cc1nc2ccccc2s1)C(=O)O. The van der Waals surface area contributed by atoms with E-state index in [9.17, 15) is 9.90 Å². The lowest BCUT2D eigenvalue weighted by molar-refractivity contribution is -0.151. The number of benzene rings is 1. The summed E-state index contributed by atoms with van der Waals surface area (Å²) in [6.45, 7) is 2.35. The van der Waals surface area contributed by atoms with E-state index in [4.69, 9.17) is 4.74 Å². The molecule has 0 spiro atoms. The molecule has 0 radical (unpaired) electrons. The Morgan fingerprint density at radius 2 is 2.37 bits per heavy atom. The fraction of sp³-hybridized carbons (Fsp3) is 0.429. The number of carboxylic acid groups (broad SMARTS) is 1. The Morgan fingerprint density at radius 3 is 3.00 bits per heavy atom. The minimum atomic E-state index is -0.826. The van der Waals surface area contributed by atoms with Gasteiger partial charge in [0, 0.05) is 13.0 Å². The lowest BCUT2D eigenvalue weighted by Gasteiger charge is -2.26. The molecule has 4 nitrogen and oxygen atoms in total. The number of hydrogen-bond donors (Lipinski definition) is 1. The Labute approximate surface area is 115 Å². The number of ether oxygens (including phenoxy) is 1. The van der Waals surface area contributed by atoms with Gasteiger partial charge in [0.1, 0.15) is 5.41 Å². The van der Waals surface area contributed by atoms with Crippen molar-refractivity contribution in [1.82, 2.24) is 4.98 Å². The van der Waals surface area contributed by atoms with Crippen molar-refractivity contribution in [2.24, 2.45) is 5.41 Å². The number of nitrogens with zero attached hydrogens (tertiary/aromatic N) is 1. The maximum absolute atomic E-state index is 11.7. The predicted molar refractivity (Wildman–Crippen MR) is 73.4 cm³/mol. The third-order valence-corrected chi connectivity index (χ3v) is 4.96. The number of fused-ring (bicyclic) bond motifs is 1. The fourth-order valence-corrected chi connectivity index (χ4v) is 3.73. The van der Waals surface area contributed by atoms with Crippen molar-refractivity contribution in [3.8, 4) is 0 Å². The van der Waals surface area contributed by atoms with Gasteiger partial charge in [0.25, 0.3) is 0 Å². The van der Waals surface area contributed by atoms with Crippen molar-refractivity contribution in [3.63, 3.8) is 0 Å². The van der Waals surface area contributed by atoms with Crippen LogP contribution in [0.3, 0.4) is 0 Å². The van der Waals surface area contributed by atoms with E-state index >= 15 is 0 Å². The minimum Gasteiger partial charge on any atom is -0.481 e. The number of hydrogen-bond acceptors (Lipinski definition) is 4. The molecule has 1 fully saturated rings. The van der Waals surface area contributed by atoms with Gasteiger partial charge in [0.05, 0.1) is 21.3 Å². The summed E-state index contributed by atoms with van der Waals surface area (Å²) in [4.78, 5) is 16.2. The highest BCUT2D eigenvalue weighted by Crippen LogP contribution is 2.40. The van der Waals surface area contributed by atoms with E-state index < -0.39 is 11.4 Å². The average molecular weight is 277 g/mol. The van der Waals surface area contributed by atoms with Crippen LogP contribution in [-0.4, -0.2) is 28.8 Å². The number of carboxylic acids is 1. The van der Waals surface area contributed by atoms with E-state index in [2.05, 4.69) is 4.98 Å². The van der Waals surface area contributed by atoms with E-state index in [0.29, 0.717) is 19.4 Å². The standard InChI is InChI=1S/C14H15NO3S/c1-9-14(13(16)17,6-7-18-9)8-12-15-10-4-2-3-5-11(10)19-12/h2-5,9H,6-8H2,1H3,(H,16,17). The first kappa shape index (κ1) is 12.6. The van der Waals surface area contributed by atoms with Crippen molar-refractivity contribution >= 4 is 27.5 Å². The molecule has 100 valence electrons. The summed E-state index contributed by atoms with van der Waals surface area (Å²) in [5.41, 5.74) is 0.114. The van der Waals surface area contributed by atoms with Crippen molar-refractivity contribution in [2.45, 2.75) is 25.9 Å². The van der Waals surface area contributed by atoms with Crippen LogP contribution < -0.4 is 0 Å². The van der Waals surface area contributed by atoms with Crippen LogP contribution in [0.2, 0.25) is 0 Å². The number of para-hydroxylation sites is 1. The molecular weight excluding hydrogens is 262 g/mol. The van der Waals surface area contributed by atoms with Crippen LogP contribution in [-0.2, 0) is 16.0 Å². The first-order valence-corrected chi connectivity index (χ1v) is 7.13.